The molecule has 0 unspecified atom stereocenters. The van der Waals surface area contributed by atoms with Crippen molar-refractivity contribution in [2.45, 2.75) is 33.3 Å². The summed E-state index contributed by atoms with van der Waals surface area (Å²) in [5, 5.41) is 0. The molecule has 0 aliphatic rings. The lowest BCUT2D eigenvalue weighted by molar-refractivity contribution is -0.140. The Morgan fingerprint density at radius 1 is 1.38 bits per heavy atom. The Labute approximate surface area is 52.4 Å². The van der Waals surface area contributed by atoms with E-state index in [2.05, 4.69) is 32.2 Å². The third-order valence-corrected chi connectivity index (χ3v) is 1.33. The summed E-state index contributed by atoms with van der Waals surface area (Å²) in [6.07, 6.45) is 1.84. The maximum atomic E-state index is 3.06. The quantitative estimate of drug-likeness (QED) is 0.497. The van der Waals surface area contributed by atoms with Crippen molar-refractivity contribution in [1.82, 2.24) is 0 Å². The molecule has 0 spiro atoms. The first-order valence-corrected chi connectivity index (χ1v) is 3.29. The van der Waals surface area contributed by atoms with E-state index in [0.717, 1.165) is 6.61 Å². The molecule has 50 valence electrons. The molecule has 0 N–H and O–H groups in total. The van der Waals surface area contributed by atoms with Gasteiger partial charge in [-0.3, -0.25) is 0 Å². The molecule has 0 saturated carbocycles. The van der Waals surface area contributed by atoms with E-state index in [0.29, 0.717) is 6.10 Å². The van der Waals surface area contributed by atoms with Gasteiger partial charge in [-0.1, -0.05) is 6.92 Å². The van der Waals surface area contributed by atoms with Crippen molar-refractivity contribution in [3.05, 3.63) is 0 Å². The Morgan fingerprint density at radius 3 is 2.00 bits per heavy atom. The van der Waals surface area contributed by atoms with Crippen LogP contribution in [0.5, 0.6) is 0 Å². The summed E-state index contributed by atoms with van der Waals surface area (Å²) in [6.45, 7) is 7.68. The minimum absolute atomic E-state index is 0.620. The van der Waals surface area contributed by atoms with Gasteiger partial charge in [0.05, 0.1) is 0 Å². The second-order valence-electron chi connectivity index (χ2n) is 2.44. The van der Waals surface area contributed by atoms with Gasteiger partial charge in [0.1, 0.15) is 19.8 Å². The van der Waals surface area contributed by atoms with Gasteiger partial charge in [-0.15, -0.1) is 0 Å². The summed E-state index contributed by atoms with van der Waals surface area (Å²) < 4.78 is 3.06. The van der Waals surface area contributed by atoms with Crippen LogP contribution in [-0.2, 0) is 4.37 Å². The minimum Gasteiger partial charge on any atom is -0.422 e. The van der Waals surface area contributed by atoms with Gasteiger partial charge < -0.3 is 4.37 Å². The monoisotopic (exact) mass is 117 g/mol. The molecule has 0 aromatic carbocycles. The van der Waals surface area contributed by atoms with E-state index in [1.165, 1.54) is 6.42 Å². The number of rotatable bonds is 3. The van der Waals surface area contributed by atoms with Crippen LogP contribution in [0.1, 0.15) is 27.2 Å². The first-order valence-electron chi connectivity index (χ1n) is 3.29. The molecule has 0 aliphatic carbocycles. The van der Waals surface area contributed by atoms with Crippen LogP contribution in [-0.4, -0.2) is 19.8 Å². The molecule has 0 atom stereocenters. The third-order valence-electron chi connectivity index (χ3n) is 1.33. The van der Waals surface area contributed by atoms with Crippen molar-refractivity contribution >= 4 is 0 Å². The van der Waals surface area contributed by atoms with Gasteiger partial charge in [-0.25, -0.2) is 0 Å². The predicted octanol–water partition coefficient (Wildman–Crippen LogP) is 1.99. The Morgan fingerprint density at radius 2 is 1.88 bits per heavy atom. The van der Waals surface area contributed by atoms with E-state index in [-0.39, 0.29) is 0 Å². The van der Waals surface area contributed by atoms with E-state index in [4.69, 9.17) is 0 Å². The molecule has 0 bridgehead atoms. The molecule has 0 fully saturated rings. The van der Waals surface area contributed by atoms with Crippen molar-refractivity contribution in [1.29, 1.82) is 0 Å². The minimum atomic E-state index is 0.620. The third kappa shape index (κ3) is 3.03. The maximum absolute atomic E-state index is 3.06. The average molecular weight is 117 g/mol. The summed E-state index contributed by atoms with van der Waals surface area (Å²) >= 11 is 0. The molecule has 0 aliphatic heterocycles. The Bertz CT molecular complexity index is 50.3. The lowest BCUT2D eigenvalue weighted by Gasteiger charge is -2.16. The van der Waals surface area contributed by atoms with Crippen LogP contribution in [0.4, 0.5) is 0 Å². The summed E-state index contributed by atoms with van der Waals surface area (Å²) in [6, 6.07) is 0. The Balaban J connectivity index is 3.17. The first-order chi connectivity index (χ1) is 3.68. The summed E-state index contributed by atoms with van der Waals surface area (Å²) in [7, 11) is 2.08. The van der Waals surface area contributed by atoms with Gasteiger partial charge in [0.15, 0.2) is 0 Å². The van der Waals surface area contributed by atoms with Gasteiger partial charge in [-0.05, 0) is 0 Å². The van der Waals surface area contributed by atoms with Crippen LogP contribution in [0.15, 0.2) is 0 Å². The fraction of sp³-hybridized carbons (Fsp3) is 1.00. The second-order valence-corrected chi connectivity index (χ2v) is 2.44. The van der Waals surface area contributed by atoms with Gasteiger partial charge in [-0.2, -0.15) is 0 Å². The van der Waals surface area contributed by atoms with Crippen molar-refractivity contribution in [2.24, 2.45) is 0 Å². The van der Waals surface area contributed by atoms with Crippen LogP contribution < -0.4 is 0 Å². The zero-order chi connectivity index (χ0) is 6.57. The van der Waals surface area contributed by atoms with E-state index < -0.39 is 0 Å². The fourth-order valence-electron chi connectivity index (χ4n) is 0.558. The molecule has 0 radical (unpaired) electrons. The predicted molar refractivity (Wildman–Crippen MR) is 37.3 cm³/mol. The van der Waals surface area contributed by atoms with E-state index >= 15 is 0 Å². The van der Waals surface area contributed by atoms with E-state index in [1.807, 2.05) is 0 Å². The van der Waals surface area contributed by atoms with Crippen molar-refractivity contribution in [3.63, 3.8) is 0 Å². The van der Waals surface area contributed by atoms with Gasteiger partial charge in [0.2, 0.25) is 0 Å². The Hall–Kier alpha value is -0.0400. The molecule has 8 heavy (non-hydrogen) atoms. The molecule has 0 aromatic heterocycles. The fourth-order valence-corrected chi connectivity index (χ4v) is 0.558. The topological polar surface area (TPSA) is 2.70 Å². The SMILES string of the molecule is CCC[O+](C)C(C)C. The standard InChI is InChI=1S/C7H17O/c1-5-6-8(4)7(2)3/h7H,5-6H2,1-4H3/q+1. The molecule has 0 aromatic rings. The first kappa shape index (κ1) is 7.96. The largest absolute Gasteiger partial charge is 0.422 e. The van der Waals surface area contributed by atoms with Crippen molar-refractivity contribution in [2.75, 3.05) is 13.7 Å². The van der Waals surface area contributed by atoms with Crippen LogP contribution in [0.2, 0.25) is 0 Å². The summed E-state index contributed by atoms with van der Waals surface area (Å²) in [5.41, 5.74) is 0. The number of hydrogen-bond acceptors (Lipinski definition) is 0. The summed E-state index contributed by atoms with van der Waals surface area (Å²) in [5.74, 6) is 0. The molecular formula is C7H17O+. The zero-order valence-corrected chi connectivity index (χ0v) is 6.40. The molecule has 0 rings (SSSR count). The zero-order valence-electron chi connectivity index (χ0n) is 6.40. The highest BCUT2D eigenvalue weighted by Crippen LogP contribution is 1.99. The lowest BCUT2D eigenvalue weighted by Crippen LogP contribution is -2.17. The molecule has 0 amide bonds. The van der Waals surface area contributed by atoms with Gasteiger partial charge in [0, 0.05) is 20.3 Å². The lowest BCUT2D eigenvalue weighted by atomic mass is 10.4. The smallest absolute Gasteiger partial charge is 0.149 e. The maximum Gasteiger partial charge on any atom is 0.149 e. The van der Waals surface area contributed by atoms with E-state index in [1.54, 1.807) is 0 Å². The molecule has 0 heterocycles. The highest BCUT2D eigenvalue weighted by molar-refractivity contribution is 4.41. The number of hydrogen-bond donors (Lipinski definition) is 0. The highest BCUT2D eigenvalue weighted by Gasteiger charge is 2.04. The van der Waals surface area contributed by atoms with Crippen LogP contribution in [0.3, 0.4) is 0 Å². The molecule has 1 nitrogen and oxygen atoms in total. The second kappa shape index (κ2) is 3.90. The average Bonchev–Trinajstić information content (AvgIpc) is 1.67. The Kier molecular flexibility index (Phi) is 3.88. The molecule has 1 heteroatoms. The van der Waals surface area contributed by atoms with Gasteiger partial charge in [0.25, 0.3) is 0 Å². The molecule has 0 saturated heterocycles. The molecular weight excluding hydrogens is 100 g/mol. The normalized spacial score (nSPS) is 11.2. The highest BCUT2D eigenvalue weighted by atomic mass is 16.7. The van der Waals surface area contributed by atoms with Crippen molar-refractivity contribution in [3.8, 4) is 0 Å². The summed E-state index contributed by atoms with van der Waals surface area (Å²) in [4.78, 5) is 0. The van der Waals surface area contributed by atoms with Crippen LogP contribution >= 0.6 is 0 Å². The van der Waals surface area contributed by atoms with Gasteiger partial charge >= 0.3 is 0 Å². The van der Waals surface area contributed by atoms with Crippen LogP contribution in [0.25, 0.3) is 0 Å². The van der Waals surface area contributed by atoms with Crippen LogP contribution in [0, 0.1) is 0 Å². The van der Waals surface area contributed by atoms with Crippen molar-refractivity contribution < 1.29 is 4.37 Å². The van der Waals surface area contributed by atoms with E-state index in [9.17, 15) is 0 Å².